The van der Waals surface area contributed by atoms with E-state index in [0.717, 1.165) is 0 Å². The molecule has 0 bridgehead atoms. The molecule has 3 N–H and O–H groups in total. The first-order chi connectivity index (χ1) is 10.9. The summed E-state index contributed by atoms with van der Waals surface area (Å²) < 4.78 is 14.1. The summed E-state index contributed by atoms with van der Waals surface area (Å²) >= 11 is 5.90. The molecule has 2 amide bonds. The quantitative estimate of drug-likeness (QED) is 0.750. The van der Waals surface area contributed by atoms with Gasteiger partial charge in [-0.15, -0.1) is 0 Å². The number of halogens is 2. The van der Waals surface area contributed by atoms with E-state index in [-0.39, 0.29) is 22.1 Å². The minimum Gasteiger partial charge on any atom is -0.379 e. The van der Waals surface area contributed by atoms with E-state index in [9.17, 15) is 14.3 Å². The maximum atomic E-state index is 14.1. The summed E-state index contributed by atoms with van der Waals surface area (Å²) in [6, 6.07) is 8.35. The number of nitrogens with zero attached hydrogens (tertiary/aromatic N) is 1. The zero-order chi connectivity index (χ0) is 17.0. The molecule has 0 spiro atoms. The van der Waals surface area contributed by atoms with Crippen LogP contribution in [-0.4, -0.2) is 22.7 Å². The Morgan fingerprint density at radius 1 is 1.35 bits per heavy atom. The minimum absolute atomic E-state index is 0.0358. The molecule has 2 aromatic rings. The fourth-order valence-electron chi connectivity index (χ4n) is 2.22. The number of carbonyl (C=O) groups is 1. The van der Waals surface area contributed by atoms with Crippen LogP contribution in [0.1, 0.15) is 25.1 Å². The van der Waals surface area contributed by atoms with Crippen LogP contribution < -0.4 is 10.6 Å². The van der Waals surface area contributed by atoms with Gasteiger partial charge in [0.2, 0.25) is 0 Å². The van der Waals surface area contributed by atoms with Crippen molar-refractivity contribution in [3.05, 3.63) is 58.6 Å². The normalized spacial score (nSPS) is 13.3. The van der Waals surface area contributed by atoms with Crippen LogP contribution in [0, 0.1) is 5.82 Å². The monoisotopic (exact) mass is 337 g/mol. The number of rotatable bonds is 4. The molecule has 1 atom stereocenters. The first kappa shape index (κ1) is 17.2. The minimum atomic E-state index is -1.77. The molecule has 2 rings (SSSR count). The molecule has 1 unspecified atom stereocenters. The van der Waals surface area contributed by atoms with Gasteiger partial charge >= 0.3 is 6.03 Å². The van der Waals surface area contributed by atoms with Gasteiger partial charge in [-0.25, -0.2) is 14.2 Å². The van der Waals surface area contributed by atoms with Gasteiger partial charge in [-0.2, -0.15) is 0 Å². The summed E-state index contributed by atoms with van der Waals surface area (Å²) in [7, 11) is 0. The molecule has 1 heterocycles. The third-order valence-corrected chi connectivity index (χ3v) is 3.52. The Hall–Kier alpha value is -2.18. The van der Waals surface area contributed by atoms with Gasteiger partial charge in [-0.05, 0) is 32.0 Å². The SMILES string of the molecule is CCNC(=O)Nc1ccc(Cl)nc1C(C)(O)c1ccccc1F. The van der Waals surface area contributed by atoms with Crippen molar-refractivity contribution < 1.29 is 14.3 Å². The molecule has 7 heteroatoms. The zero-order valence-electron chi connectivity index (χ0n) is 12.7. The van der Waals surface area contributed by atoms with Gasteiger partial charge in [0.05, 0.1) is 5.69 Å². The number of urea groups is 1. The molecular weight excluding hydrogens is 321 g/mol. The Bertz CT molecular complexity index is 722. The van der Waals surface area contributed by atoms with Crippen LogP contribution >= 0.6 is 11.6 Å². The third kappa shape index (κ3) is 3.78. The Morgan fingerprint density at radius 2 is 2.04 bits per heavy atom. The second-order valence-corrected chi connectivity index (χ2v) is 5.45. The molecule has 0 aliphatic heterocycles. The summed E-state index contributed by atoms with van der Waals surface area (Å²) in [6.45, 7) is 3.61. The van der Waals surface area contributed by atoms with E-state index in [4.69, 9.17) is 11.6 Å². The number of nitrogens with one attached hydrogen (secondary N) is 2. The molecule has 5 nitrogen and oxygen atoms in total. The van der Waals surface area contributed by atoms with Crippen molar-refractivity contribution in [3.63, 3.8) is 0 Å². The summed E-state index contributed by atoms with van der Waals surface area (Å²) in [4.78, 5) is 15.8. The number of anilines is 1. The number of aromatic nitrogens is 1. The topological polar surface area (TPSA) is 74.2 Å². The standard InChI is InChI=1S/C16H17ClFN3O2/c1-3-19-15(22)20-12-8-9-13(17)21-14(12)16(2,23)10-6-4-5-7-11(10)18/h4-9,23H,3H2,1-2H3,(H2,19,20,22). The van der Waals surface area contributed by atoms with Crippen molar-refractivity contribution in [1.29, 1.82) is 0 Å². The molecule has 122 valence electrons. The lowest BCUT2D eigenvalue weighted by Gasteiger charge is -2.26. The number of benzene rings is 1. The largest absolute Gasteiger partial charge is 0.379 e. The average molecular weight is 338 g/mol. The van der Waals surface area contributed by atoms with Crippen LogP contribution in [0.25, 0.3) is 0 Å². The van der Waals surface area contributed by atoms with Gasteiger partial charge in [0.15, 0.2) is 0 Å². The Kier molecular flexibility index (Phi) is 5.18. The van der Waals surface area contributed by atoms with Crippen LogP contribution in [0.15, 0.2) is 36.4 Å². The number of aliphatic hydroxyl groups is 1. The lowest BCUT2D eigenvalue weighted by molar-refractivity contribution is 0.0940. The van der Waals surface area contributed by atoms with Gasteiger partial charge in [-0.3, -0.25) is 0 Å². The maximum Gasteiger partial charge on any atom is 0.319 e. The second kappa shape index (κ2) is 6.93. The first-order valence-corrected chi connectivity index (χ1v) is 7.43. The third-order valence-electron chi connectivity index (χ3n) is 3.31. The summed E-state index contributed by atoms with van der Waals surface area (Å²) in [5.74, 6) is -0.580. The van der Waals surface area contributed by atoms with Crippen LogP contribution in [0.3, 0.4) is 0 Å². The van der Waals surface area contributed by atoms with E-state index in [1.165, 1.54) is 37.3 Å². The predicted molar refractivity (Wildman–Crippen MR) is 87.0 cm³/mol. The molecule has 1 aromatic carbocycles. The Morgan fingerprint density at radius 3 is 2.70 bits per heavy atom. The lowest BCUT2D eigenvalue weighted by Crippen LogP contribution is -2.32. The number of hydrogen-bond donors (Lipinski definition) is 3. The van der Waals surface area contributed by atoms with Crippen LogP contribution in [0.5, 0.6) is 0 Å². The van der Waals surface area contributed by atoms with Gasteiger partial charge < -0.3 is 15.7 Å². The second-order valence-electron chi connectivity index (χ2n) is 5.07. The van der Waals surface area contributed by atoms with Gasteiger partial charge in [0.25, 0.3) is 0 Å². The molecule has 0 saturated carbocycles. The van der Waals surface area contributed by atoms with Crippen molar-refractivity contribution in [3.8, 4) is 0 Å². The number of carbonyl (C=O) groups excluding carboxylic acids is 1. The highest BCUT2D eigenvalue weighted by Crippen LogP contribution is 2.34. The van der Waals surface area contributed by atoms with Crippen molar-refractivity contribution in [2.24, 2.45) is 0 Å². The lowest BCUT2D eigenvalue weighted by atomic mass is 9.90. The van der Waals surface area contributed by atoms with Gasteiger partial charge in [-0.1, -0.05) is 29.8 Å². The fraction of sp³-hybridized carbons (Fsp3) is 0.250. The Balaban J connectivity index is 2.50. The van der Waals surface area contributed by atoms with Crippen molar-refractivity contribution in [1.82, 2.24) is 10.3 Å². The number of pyridine rings is 1. The summed E-state index contributed by atoms with van der Waals surface area (Å²) in [6.07, 6.45) is 0. The van der Waals surface area contributed by atoms with E-state index < -0.39 is 17.4 Å². The summed E-state index contributed by atoms with van der Waals surface area (Å²) in [5.41, 5.74) is -1.44. The van der Waals surface area contributed by atoms with Crippen LogP contribution in [0.2, 0.25) is 5.15 Å². The number of hydrogen-bond acceptors (Lipinski definition) is 3. The molecular formula is C16H17ClFN3O2. The molecule has 0 radical (unpaired) electrons. The predicted octanol–water partition coefficient (Wildman–Crippen LogP) is 3.27. The molecule has 23 heavy (non-hydrogen) atoms. The van der Waals surface area contributed by atoms with Gasteiger partial charge in [0.1, 0.15) is 22.3 Å². The van der Waals surface area contributed by atoms with E-state index in [2.05, 4.69) is 15.6 Å². The smallest absolute Gasteiger partial charge is 0.319 e. The highest BCUT2D eigenvalue weighted by Gasteiger charge is 2.33. The average Bonchev–Trinajstić information content (AvgIpc) is 2.49. The van der Waals surface area contributed by atoms with Crippen molar-refractivity contribution in [2.45, 2.75) is 19.4 Å². The van der Waals surface area contributed by atoms with E-state index in [1.807, 2.05) is 0 Å². The van der Waals surface area contributed by atoms with Gasteiger partial charge in [0, 0.05) is 12.1 Å². The molecule has 0 saturated heterocycles. The van der Waals surface area contributed by atoms with E-state index in [1.54, 1.807) is 13.0 Å². The molecule has 1 aromatic heterocycles. The van der Waals surface area contributed by atoms with Crippen molar-refractivity contribution in [2.75, 3.05) is 11.9 Å². The highest BCUT2D eigenvalue weighted by molar-refractivity contribution is 6.29. The van der Waals surface area contributed by atoms with Crippen molar-refractivity contribution >= 4 is 23.3 Å². The first-order valence-electron chi connectivity index (χ1n) is 7.05. The maximum absolute atomic E-state index is 14.1. The van der Waals surface area contributed by atoms with Crippen LogP contribution in [-0.2, 0) is 5.60 Å². The molecule has 0 fully saturated rings. The Labute approximate surface area is 138 Å². The zero-order valence-corrected chi connectivity index (χ0v) is 13.5. The summed E-state index contributed by atoms with van der Waals surface area (Å²) in [5, 5.41) is 16.1. The van der Waals surface area contributed by atoms with Crippen LogP contribution in [0.4, 0.5) is 14.9 Å². The molecule has 0 aliphatic carbocycles. The van der Waals surface area contributed by atoms with E-state index in [0.29, 0.717) is 6.54 Å². The highest BCUT2D eigenvalue weighted by atomic mass is 35.5. The number of amides is 2. The fourth-order valence-corrected chi connectivity index (χ4v) is 2.37. The molecule has 0 aliphatic rings. The van der Waals surface area contributed by atoms with E-state index >= 15 is 0 Å².